The lowest BCUT2D eigenvalue weighted by molar-refractivity contribution is -0.122. The molecular weight excluding hydrogens is 354 g/mol. The van der Waals surface area contributed by atoms with Gasteiger partial charge in [0.1, 0.15) is 6.54 Å². The highest BCUT2D eigenvalue weighted by atomic mass is 16.2. The summed E-state index contributed by atoms with van der Waals surface area (Å²) in [5.41, 5.74) is 2.91. The standard InChI is InChI=1S/C20H25N7O/c1-14-12-15(2)26(23-14)13-19(28)21-17-8-10-18(11-9-17)27-24-20(22-25-27)16-6-4-3-5-7-16/h3-7,12,17-18H,8-11,13H2,1-2H3,(H,21,28). The zero-order chi connectivity index (χ0) is 19.5. The number of aromatic nitrogens is 6. The normalized spacial score (nSPS) is 19.5. The third-order valence-corrected chi connectivity index (χ3v) is 5.25. The van der Waals surface area contributed by atoms with Crippen LogP contribution in [-0.4, -0.2) is 41.9 Å². The molecule has 146 valence electrons. The van der Waals surface area contributed by atoms with Crippen LogP contribution in [0.1, 0.15) is 43.1 Å². The van der Waals surface area contributed by atoms with E-state index in [1.165, 1.54) is 0 Å². The maximum absolute atomic E-state index is 12.3. The van der Waals surface area contributed by atoms with Gasteiger partial charge in [-0.1, -0.05) is 30.3 Å². The Kier molecular flexibility index (Phi) is 5.18. The summed E-state index contributed by atoms with van der Waals surface area (Å²) in [6.45, 7) is 4.17. The zero-order valence-corrected chi connectivity index (χ0v) is 16.2. The van der Waals surface area contributed by atoms with Crippen LogP contribution < -0.4 is 5.32 Å². The molecule has 0 bridgehead atoms. The van der Waals surface area contributed by atoms with Crippen molar-refractivity contribution < 1.29 is 4.79 Å². The molecule has 3 aromatic rings. The number of nitrogens with one attached hydrogen (secondary N) is 1. The first-order valence-electron chi connectivity index (χ1n) is 9.74. The van der Waals surface area contributed by atoms with Crippen molar-refractivity contribution in [3.8, 4) is 11.4 Å². The molecule has 28 heavy (non-hydrogen) atoms. The topological polar surface area (TPSA) is 90.5 Å². The van der Waals surface area contributed by atoms with Crippen molar-refractivity contribution in [3.63, 3.8) is 0 Å². The fourth-order valence-corrected chi connectivity index (χ4v) is 3.78. The predicted molar refractivity (Wildman–Crippen MR) is 104 cm³/mol. The van der Waals surface area contributed by atoms with Crippen LogP contribution in [0.2, 0.25) is 0 Å². The number of amides is 1. The van der Waals surface area contributed by atoms with Gasteiger partial charge in [-0.3, -0.25) is 9.48 Å². The van der Waals surface area contributed by atoms with Crippen molar-refractivity contribution in [1.29, 1.82) is 0 Å². The van der Waals surface area contributed by atoms with Crippen LogP contribution in [0.4, 0.5) is 0 Å². The SMILES string of the molecule is Cc1cc(C)n(CC(=O)NC2CCC(n3nnc(-c4ccccc4)n3)CC2)n1. The summed E-state index contributed by atoms with van der Waals surface area (Å²) in [7, 11) is 0. The minimum atomic E-state index is 0.0138. The van der Waals surface area contributed by atoms with Crippen LogP contribution in [0, 0.1) is 13.8 Å². The monoisotopic (exact) mass is 379 g/mol. The van der Waals surface area contributed by atoms with Gasteiger partial charge in [0.25, 0.3) is 0 Å². The Morgan fingerprint density at radius 2 is 1.86 bits per heavy atom. The Labute approximate surface area is 163 Å². The fourth-order valence-electron chi connectivity index (χ4n) is 3.78. The summed E-state index contributed by atoms with van der Waals surface area (Å²) in [5, 5.41) is 20.5. The molecule has 0 aliphatic heterocycles. The number of tetrazole rings is 1. The smallest absolute Gasteiger partial charge is 0.241 e. The van der Waals surface area contributed by atoms with Gasteiger partial charge in [-0.15, -0.1) is 10.2 Å². The molecule has 1 N–H and O–H groups in total. The zero-order valence-electron chi connectivity index (χ0n) is 16.2. The first-order valence-corrected chi connectivity index (χ1v) is 9.74. The minimum Gasteiger partial charge on any atom is -0.352 e. The predicted octanol–water partition coefficient (Wildman–Crippen LogP) is 2.45. The van der Waals surface area contributed by atoms with Crippen LogP contribution in [0.15, 0.2) is 36.4 Å². The maximum atomic E-state index is 12.3. The molecule has 8 nitrogen and oxygen atoms in total. The van der Waals surface area contributed by atoms with Gasteiger partial charge in [-0.25, -0.2) is 0 Å². The number of rotatable bonds is 5. The van der Waals surface area contributed by atoms with Gasteiger partial charge >= 0.3 is 0 Å². The lowest BCUT2D eigenvalue weighted by atomic mass is 9.91. The highest BCUT2D eigenvalue weighted by Crippen LogP contribution is 2.27. The van der Waals surface area contributed by atoms with Crippen LogP contribution in [-0.2, 0) is 11.3 Å². The van der Waals surface area contributed by atoms with Crippen molar-refractivity contribution in [1.82, 2.24) is 35.3 Å². The molecule has 0 spiro atoms. The summed E-state index contributed by atoms with van der Waals surface area (Å²) in [4.78, 5) is 14.1. The van der Waals surface area contributed by atoms with Crippen molar-refractivity contribution in [3.05, 3.63) is 47.8 Å². The lowest BCUT2D eigenvalue weighted by Gasteiger charge is -2.28. The molecule has 1 amide bonds. The van der Waals surface area contributed by atoms with Crippen molar-refractivity contribution in [2.45, 2.75) is 58.2 Å². The molecule has 8 heteroatoms. The van der Waals surface area contributed by atoms with Gasteiger partial charge in [-0.05, 0) is 50.8 Å². The number of carbonyl (C=O) groups is 1. The molecule has 1 fully saturated rings. The highest BCUT2D eigenvalue weighted by molar-refractivity contribution is 5.76. The molecule has 0 radical (unpaired) electrons. The Hall–Kier alpha value is -3.03. The van der Waals surface area contributed by atoms with E-state index in [2.05, 4.69) is 25.8 Å². The average Bonchev–Trinajstić information content (AvgIpc) is 3.30. The van der Waals surface area contributed by atoms with E-state index in [9.17, 15) is 4.79 Å². The molecule has 1 aliphatic rings. The largest absolute Gasteiger partial charge is 0.352 e. The van der Waals surface area contributed by atoms with E-state index in [0.29, 0.717) is 5.82 Å². The molecule has 4 rings (SSSR count). The second-order valence-corrected chi connectivity index (χ2v) is 7.46. The molecule has 1 aromatic carbocycles. The van der Waals surface area contributed by atoms with E-state index in [0.717, 1.165) is 42.6 Å². The molecule has 0 saturated heterocycles. The molecule has 2 aromatic heterocycles. The van der Waals surface area contributed by atoms with Gasteiger partial charge in [0.05, 0.1) is 11.7 Å². The highest BCUT2D eigenvalue weighted by Gasteiger charge is 2.25. The third kappa shape index (κ3) is 4.11. The van der Waals surface area contributed by atoms with Gasteiger partial charge in [0.15, 0.2) is 0 Å². The Morgan fingerprint density at radius 1 is 1.11 bits per heavy atom. The number of aryl methyl sites for hydroxylation is 2. The van der Waals surface area contributed by atoms with Crippen LogP contribution in [0.25, 0.3) is 11.4 Å². The van der Waals surface area contributed by atoms with E-state index in [-0.39, 0.29) is 24.5 Å². The second-order valence-electron chi connectivity index (χ2n) is 7.46. The molecule has 0 unspecified atom stereocenters. The molecule has 0 atom stereocenters. The number of hydrogen-bond acceptors (Lipinski definition) is 5. The number of benzene rings is 1. The third-order valence-electron chi connectivity index (χ3n) is 5.25. The Morgan fingerprint density at radius 3 is 2.54 bits per heavy atom. The lowest BCUT2D eigenvalue weighted by Crippen LogP contribution is -2.40. The van der Waals surface area contributed by atoms with Gasteiger partial charge < -0.3 is 5.32 Å². The number of hydrogen-bond donors (Lipinski definition) is 1. The quantitative estimate of drug-likeness (QED) is 0.735. The molecule has 2 heterocycles. The van der Waals surface area contributed by atoms with Crippen molar-refractivity contribution >= 4 is 5.91 Å². The van der Waals surface area contributed by atoms with Crippen LogP contribution in [0.3, 0.4) is 0 Å². The molecule has 1 saturated carbocycles. The minimum absolute atomic E-state index is 0.0138. The summed E-state index contributed by atoms with van der Waals surface area (Å²) < 4.78 is 1.75. The summed E-state index contributed by atoms with van der Waals surface area (Å²) in [5.74, 6) is 0.667. The van der Waals surface area contributed by atoms with E-state index >= 15 is 0 Å². The number of nitrogens with zero attached hydrogens (tertiary/aromatic N) is 6. The first kappa shape index (κ1) is 18.3. The Bertz CT molecular complexity index is 939. The maximum Gasteiger partial charge on any atom is 0.241 e. The van der Waals surface area contributed by atoms with E-state index in [4.69, 9.17) is 0 Å². The van der Waals surface area contributed by atoms with Crippen molar-refractivity contribution in [2.75, 3.05) is 0 Å². The van der Waals surface area contributed by atoms with Crippen molar-refractivity contribution in [2.24, 2.45) is 0 Å². The van der Waals surface area contributed by atoms with Crippen LogP contribution in [0.5, 0.6) is 0 Å². The molecular formula is C20H25N7O. The molecule has 1 aliphatic carbocycles. The second kappa shape index (κ2) is 7.92. The van der Waals surface area contributed by atoms with E-state index in [1.807, 2.05) is 50.2 Å². The average molecular weight is 379 g/mol. The summed E-state index contributed by atoms with van der Waals surface area (Å²) in [6, 6.07) is 12.3. The van der Waals surface area contributed by atoms with E-state index < -0.39 is 0 Å². The summed E-state index contributed by atoms with van der Waals surface area (Å²) in [6.07, 6.45) is 3.68. The Balaban J connectivity index is 1.29. The van der Waals surface area contributed by atoms with E-state index in [1.54, 1.807) is 9.48 Å². The summed E-state index contributed by atoms with van der Waals surface area (Å²) >= 11 is 0. The first-order chi connectivity index (χ1) is 13.6. The van der Waals surface area contributed by atoms with Gasteiger partial charge in [0.2, 0.25) is 11.7 Å². The van der Waals surface area contributed by atoms with Gasteiger partial charge in [-0.2, -0.15) is 9.90 Å². The number of carbonyl (C=O) groups excluding carboxylic acids is 1. The van der Waals surface area contributed by atoms with Crippen LogP contribution >= 0.6 is 0 Å². The van der Waals surface area contributed by atoms with Gasteiger partial charge in [0, 0.05) is 17.3 Å². The fraction of sp³-hybridized carbons (Fsp3) is 0.450.